The van der Waals surface area contributed by atoms with Crippen molar-refractivity contribution in [2.24, 2.45) is 11.8 Å². The zero-order valence-electron chi connectivity index (χ0n) is 6.07. The molecule has 0 amide bonds. The summed E-state index contributed by atoms with van der Waals surface area (Å²) in [6, 6.07) is 0. The van der Waals surface area contributed by atoms with Gasteiger partial charge in [-0.05, 0) is 0 Å². The van der Waals surface area contributed by atoms with Crippen LogP contribution in [0.25, 0.3) is 0 Å². The van der Waals surface area contributed by atoms with Crippen molar-refractivity contribution in [2.75, 3.05) is 0 Å². The monoisotopic (exact) mass is 156 g/mol. The molecule has 0 aliphatic heterocycles. The molecule has 0 nitrogen and oxygen atoms in total. The molecular weight excluding hydrogens is 144 g/mol. The molecule has 2 atom stereocenters. The van der Waals surface area contributed by atoms with Gasteiger partial charge in [0.15, 0.2) is 0 Å². The Balaban J connectivity index is 0. The molecule has 0 radical (unpaired) electrons. The molecule has 0 spiro atoms. The summed E-state index contributed by atoms with van der Waals surface area (Å²) in [6.07, 6.45) is 4.19. The Hall–Kier alpha value is 1.06. The van der Waals surface area contributed by atoms with Crippen LogP contribution in [-0.4, -0.2) is 23.1 Å². The molecule has 0 aromatic heterocycles. The number of hydrogen-bond acceptors (Lipinski definition) is 0. The second kappa shape index (κ2) is 5.81. The number of rotatable bonds is 0. The van der Waals surface area contributed by atoms with Crippen molar-refractivity contribution in [1.82, 2.24) is 0 Å². The second-order valence-corrected chi connectivity index (χ2v) is 2.67. The largest absolute Gasteiger partial charge is 2.00 e. The van der Waals surface area contributed by atoms with Crippen molar-refractivity contribution in [2.45, 2.75) is 26.2 Å². The summed E-state index contributed by atoms with van der Waals surface area (Å²) in [6.45, 7) is 6.31. The van der Waals surface area contributed by atoms with Crippen LogP contribution in [0.1, 0.15) is 26.2 Å². The predicted molar refractivity (Wildman–Crippen MR) is 37.6 cm³/mol. The SMILES string of the molecule is [CH2-]C1CCCC1C.[Cl-].[Mg+2]. The minimum atomic E-state index is 0. The first kappa shape index (κ1) is 12.7. The van der Waals surface area contributed by atoms with E-state index in [9.17, 15) is 0 Å². The van der Waals surface area contributed by atoms with Crippen molar-refractivity contribution < 1.29 is 12.4 Å². The molecule has 0 heterocycles. The molecule has 1 rings (SSSR count). The van der Waals surface area contributed by atoms with E-state index in [2.05, 4.69) is 13.8 Å². The first-order valence-corrected chi connectivity index (χ1v) is 3.14. The van der Waals surface area contributed by atoms with Gasteiger partial charge in [0.05, 0.1) is 0 Å². The van der Waals surface area contributed by atoms with Gasteiger partial charge in [-0.2, -0.15) is 5.92 Å². The Bertz CT molecular complexity index is 57.9. The molecule has 1 aliphatic rings. The number of hydrogen-bond donors (Lipinski definition) is 0. The Morgan fingerprint density at radius 2 is 1.89 bits per heavy atom. The third-order valence-electron chi connectivity index (χ3n) is 2.04. The maximum Gasteiger partial charge on any atom is 2.00 e. The summed E-state index contributed by atoms with van der Waals surface area (Å²) >= 11 is 0. The van der Waals surface area contributed by atoms with Gasteiger partial charge in [-0.1, -0.05) is 32.1 Å². The first-order valence-electron chi connectivity index (χ1n) is 3.14. The average molecular weight is 157 g/mol. The Morgan fingerprint density at radius 3 is 2.00 bits per heavy atom. The van der Waals surface area contributed by atoms with Crippen LogP contribution in [0.3, 0.4) is 0 Å². The first-order chi connectivity index (χ1) is 3.30. The van der Waals surface area contributed by atoms with E-state index in [0.717, 1.165) is 11.8 Å². The van der Waals surface area contributed by atoms with E-state index in [-0.39, 0.29) is 35.5 Å². The van der Waals surface area contributed by atoms with Crippen molar-refractivity contribution >= 4 is 23.1 Å². The van der Waals surface area contributed by atoms with E-state index in [4.69, 9.17) is 0 Å². The summed E-state index contributed by atoms with van der Waals surface area (Å²) in [4.78, 5) is 0. The van der Waals surface area contributed by atoms with E-state index < -0.39 is 0 Å². The second-order valence-electron chi connectivity index (χ2n) is 2.67. The smallest absolute Gasteiger partial charge is 1.00 e. The minimum absolute atomic E-state index is 0. The van der Waals surface area contributed by atoms with Crippen molar-refractivity contribution in [3.05, 3.63) is 6.92 Å². The quantitative estimate of drug-likeness (QED) is 0.308. The topological polar surface area (TPSA) is 0 Å². The van der Waals surface area contributed by atoms with Gasteiger partial charge in [0, 0.05) is 0 Å². The summed E-state index contributed by atoms with van der Waals surface area (Å²) in [5.74, 6) is 1.67. The zero-order chi connectivity index (χ0) is 5.28. The Kier molecular flexibility index (Phi) is 8.21. The molecular formula is C7H13ClMg. The summed E-state index contributed by atoms with van der Waals surface area (Å²) in [7, 11) is 0. The molecule has 0 saturated heterocycles. The molecule has 0 aromatic rings. The normalized spacial score (nSPS) is 32.7. The predicted octanol–water partition coefficient (Wildman–Crippen LogP) is -1.12. The number of halogens is 1. The van der Waals surface area contributed by atoms with E-state index in [1.165, 1.54) is 19.3 Å². The fourth-order valence-corrected chi connectivity index (χ4v) is 1.22. The third kappa shape index (κ3) is 3.69. The standard InChI is InChI=1S/C7H13.ClH.Mg/c1-6-4-3-5-7(6)2;;/h6-7H,1,3-5H2,2H3;1H;/q-1;;+2/p-1. The fraction of sp³-hybridized carbons (Fsp3) is 0.857. The van der Waals surface area contributed by atoms with Crippen LogP contribution >= 0.6 is 0 Å². The van der Waals surface area contributed by atoms with Crippen LogP contribution in [0.15, 0.2) is 0 Å². The van der Waals surface area contributed by atoms with Gasteiger partial charge < -0.3 is 19.3 Å². The molecule has 1 saturated carbocycles. The van der Waals surface area contributed by atoms with Crippen LogP contribution in [0, 0.1) is 18.8 Å². The van der Waals surface area contributed by atoms with E-state index in [0.29, 0.717) is 0 Å². The Morgan fingerprint density at radius 1 is 1.33 bits per heavy atom. The van der Waals surface area contributed by atoms with Crippen LogP contribution in [0.4, 0.5) is 0 Å². The fourth-order valence-electron chi connectivity index (χ4n) is 1.22. The van der Waals surface area contributed by atoms with E-state index >= 15 is 0 Å². The van der Waals surface area contributed by atoms with Crippen molar-refractivity contribution in [3.8, 4) is 0 Å². The van der Waals surface area contributed by atoms with Gasteiger partial charge in [-0.15, -0.1) is 0 Å². The van der Waals surface area contributed by atoms with Gasteiger partial charge in [-0.25, -0.2) is 0 Å². The molecule has 0 bridgehead atoms. The Labute approximate surface area is 80.3 Å². The molecule has 1 aliphatic carbocycles. The van der Waals surface area contributed by atoms with Crippen LogP contribution < -0.4 is 12.4 Å². The maximum atomic E-state index is 4.02. The van der Waals surface area contributed by atoms with Crippen LogP contribution in [0.2, 0.25) is 0 Å². The minimum Gasteiger partial charge on any atom is -1.00 e. The van der Waals surface area contributed by atoms with Gasteiger partial charge in [0.1, 0.15) is 0 Å². The van der Waals surface area contributed by atoms with Crippen LogP contribution in [-0.2, 0) is 0 Å². The summed E-state index contributed by atoms with van der Waals surface area (Å²) in [5, 5.41) is 0. The summed E-state index contributed by atoms with van der Waals surface area (Å²) < 4.78 is 0. The van der Waals surface area contributed by atoms with Gasteiger partial charge in [-0.3, -0.25) is 0 Å². The molecule has 0 N–H and O–H groups in total. The molecule has 1 fully saturated rings. The van der Waals surface area contributed by atoms with Crippen LogP contribution in [0.5, 0.6) is 0 Å². The van der Waals surface area contributed by atoms with E-state index in [1.54, 1.807) is 0 Å². The molecule has 9 heavy (non-hydrogen) atoms. The molecule has 0 aromatic carbocycles. The van der Waals surface area contributed by atoms with Crippen molar-refractivity contribution in [1.29, 1.82) is 0 Å². The van der Waals surface area contributed by atoms with E-state index in [1.807, 2.05) is 0 Å². The summed E-state index contributed by atoms with van der Waals surface area (Å²) in [5.41, 5.74) is 0. The zero-order valence-corrected chi connectivity index (χ0v) is 8.24. The molecule has 2 unspecified atom stereocenters. The molecule has 50 valence electrons. The van der Waals surface area contributed by atoms with Gasteiger partial charge in [0.25, 0.3) is 0 Å². The van der Waals surface area contributed by atoms with Gasteiger partial charge >= 0.3 is 23.1 Å². The van der Waals surface area contributed by atoms with Gasteiger partial charge in [0.2, 0.25) is 0 Å². The molecule has 2 heteroatoms. The maximum absolute atomic E-state index is 4.02. The third-order valence-corrected chi connectivity index (χ3v) is 2.04. The van der Waals surface area contributed by atoms with Crippen molar-refractivity contribution in [3.63, 3.8) is 0 Å². The average Bonchev–Trinajstić information content (AvgIpc) is 1.91.